The lowest BCUT2D eigenvalue weighted by atomic mass is 9.90. The molecular formula is C17H25N3O2. The summed E-state index contributed by atoms with van der Waals surface area (Å²) in [6, 6.07) is 7.97. The van der Waals surface area contributed by atoms with Crippen molar-refractivity contribution in [1.82, 2.24) is 15.1 Å². The van der Waals surface area contributed by atoms with Gasteiger partial charge in [0.1, 0.15) is 0 Å². The summed E-state index contributed by atoms with van der Waals surface area (Å²) in [7, 11) is 3.68. The Balaban J connectivity index is 2.17. The van der Waals surface area contributed by atoms with E-state index in [9.17, 15) is 9.59 Å². The molecule has 1 aliphatic heterocycles. The fraction of sp³-hybridized carbons (Fsp3) is 0.529. The van der Waals surface area contributed by atoms with Crippen LogP contribution in [0.1, 0.15) is 30.5 Å². The molecule has 5 nitrogen and oxygen atoms in total. The number of hydrogen-bond donors (Lipinski definition) is 1. The lowest BCUT2D eigenvalue weighted by Gasteiger charge is -2.37. The van der Waals surface area contributed by atoms with E-state index in [0.29, 0.717) is 19.5 Å². The molecule has 2 rings (SSSR count). The zero-order valence-corrected chi connectivity index (χ0v) is 13.6. The first kappa shape index (κ1) is 16.5. The van der Waals surface area contributed by atoms with E-state index in [2.05, 4.69) is 11.4 Å². The molecule has 0 spiro atoms. The van der Waals surface area contributed by atoms with Gasteiger partial charge in [0.15, 0.2) is 0 Å². The van der Waals surface area contributed by atoms with Crippen LogP contribution >= 0.6 is 0 Å². The number of hydrogen-bond acceptors (Lipinski definition) is 3. The average molecular weight is 303 g/mol. The molecule has 1 N–H and O–H groups in total. The van der Waals surface area contributed by atoms with Crippen LogP contribution in [0.3, 0.4) is 0 Å². The van der Waals surface area contributed by atoms with Crippen LogP contribution in [0, 0.1) is 0 Å². The summed E-state index contributed by atoms with van der Waals surface area (Å²) in [4.78, 5) is 27.9. The van der Waals surface area contributed by atoms with Gasteiger partial charge in [-0.3, -0.25) is 9.59 Å². The molecule has 1 aromatic rings. The van der Waals surface area contributed by atoms with Gasteiger partial charge in [-0.15, -0.1) is 0 Å². The van der Waals surface area contributed by atoms with Gasteiger partial charge in [-0.1, -0.05) is 24.3 Å². The molecule has 0 saturated carbocycles. The normalized spacial score (nSPS) is 17.0. The van der Waals surface area contributed by atoms with E-state index in [-0.39, 0.29) is 17.9 Å². The Morgan fingerprint density at radius 1 is 1.36 bits per heavy atom. The lowest BCUT2D eigenvalue weighted by molar-refractivity contribution is -0.136. The first-order valence-electron chi connectivity index (χ1n) is 7.78. The van der Waals surface area contributed by atoms with Crippen molar-refractivity contribution in [1.29, 1.82) is 0 Å². The lowest BCUT2D eigenvalue weighted by Crippen LogP contribution is -2.42. The predicted molar refractivity (Wildman–Crippen MR) is 86.5 cm³/mol. The fourth-order valence-corrected chi connectivity index (χ4v) is 2.97. The monoisotopic (exact) mass is 303 g/mol. The summed E-state index contributed by atoms with van der Waals surface area (Å²) in [5, 5.41) is 3.04. The molecule has 0 saturated heterocycles. The van der Waals surface area contributed by atoms with Crippen LogP contribution in [0.5, 0.6) is 0 Å². The van der Waals surface area contributed by atoms with Crippen molar-refractivity contribution in [3.05, 3.63) is 35.4 Å². The number of fused-ring (bicyclic) bond motifs is 1. The van der Waals surface area contributed by atoms with Crippen LogP contribution in [-0.2, 0) is 16.0 Å². The quantitative estimate of drug-likeness (QED) is 0.889. The maximum absolute atomic E-state index is 12.5. The topological polar surface area (TPSA) is 52.7 Å². The van der Waals surface area contributed by atoms with Gasteiger partial charge in [-0.05, 0) is 24.6 Å². The molecule has 2 amide bonds. The van der Waals surface area contributed by atoms with Crippen molar-refractivity contribution in [3.63, 3.8) is 0 Å². The summed E-state index contributed by atoms with van der Waals surface area (Å²) in [6.45, 7) is 3.70. The molecule has 0 fully saturated rings. The molecule has 0 aliphatic carbocycles. The van der Waals surface area contributed by atoms with E-state index in [0.717, 1.165) is 18.5 Å². The average Bonchev–Trinajstić information content (AvgIpc) is 2.52. The molecule has 0 bridgehead atoms. The van der Waals surface area contributed by atoms with Gasteiger partial charge >= 0.3 is 0 Å². The second kappa shape index (κ2) is 7.40. The number of nitrogens with one attached hydrogen (secondary N) is 1. The van der Waals surface area contributed by atoms with Crippen molar-refractivity contribution in [2.45, 2.75) is 25.8 Å². The third kappa shape index (κ3) is 3.65. The van der Waals surface area contributed by atoms with Gasteiger partial charge in [0.05, 0.1) is 12.5 Å². The Kier molecular flexibility index (Phi) is 5.55. The Bertz CT molecular complexity index is 544. The van der Waals surface area contributed by atoms with Crippen LogP contribution < -0.4 is 5.32 Å². The van der Waals surface area contributed by atoms with Crippen molar-refractivity contribution >= 4 is 11.8 Å². The van der Waals surface area contributed by atoms with Gasteiger partial charge in [-0.25, -0.2) is 0 Å². The zero-order chi connectivity index (χ0) is 16.1. The van der Waals surface area contributed by atoms with Crippen LogP contribution in [0.15, 0.2) is 24.3 Å². The summed E-state index contributed by atoms with van der Waals surface area (Å²) in [6.07, 6.45) is 1.20. The molecule has 1 unspecified atom stereocenters. The van der Waals surface area contributed by atoms with E-state index in [1.54, 1.807) is 11.8 Å². The van der Waals surface area contributed by atoms with E-state index in [4.69, 9.17) is 0 Å². The molecule has 22 heavy (non-hydrogen) atoms. The molecule has 1 aromatic carbocycles. The molecule has 120 valence electrons. The standard InChI is InChI=1S/C17H25N3O2/c1-13(21)20-10-8-14-6-4-5-7-15(14)16(20)12-17(22)19(3)11-9-18-2/h4-7,16,18H,8-12H2,1-3H3. The Labute approximate surface area is 132 Å². The van der Waals surface area contributed by atoms with Crippen molar-refractivity contribution in [2.24, 2.45) is 0 Å². The summed E-state index contributed by atoms with van der Waals surface area (Å²) in [5.41, 5.74) is 2.36. The minimum absolute atomic E-state index is 0.0326. The Morgan fingerprint density at radius 2 is 2.09 bits per heavy atom. The maximum atomic E-state index is 12.5. The number of carbonyl (C=O) groups excluding carboxylic acids is 2. The number of carbonyl (C=O) groups is 2. The van der Waals surface area contributed by atoms with E-state index in [1.807, 2.05) is 37.2 Å². The van der Waals surface area contributed by atoms with E-state index < -0.39 is 0 Å². The second-order valence-electron chi connectivity index (χ2n) is 5.80. The molecule has 5 heteroatoms. The minimum Gasteiger partial charge on any atom is -0.344 e. The highest BCUT2D eigenvalue weighted by Crippen LogP contribution is 2.32. The zero-order valence-electron chi connectivity index (χ0n) is 13.6. The number of nitrogens with zero attached hydrogens (tertiary/aromatic N) is 2. The van der Waals surface area contributed by atoms with Crippen molar-refractivity contribution < 1.29 is 9.59 Å². The molecule has 1 heterocycles. The summed E-state index contributed by atoms with van der Waals surface area (Å²) >= 11 is 0. The smallest absolute Gasteiger partial charge is 0.224 e. The predicted octanol–water partition coefficient (Wildman–Crippen LogP) is 1.20. The minimum atomic E-state index is -0.146. The summed E-state index contributed by atoms with van der Waals surface area (Å²) in [5.74, 6) is 0.105. The third-order valence-electron chi connectivity index (χ3n) is 4.31. The number of benzene rings is 1. The Hall–Kier alpha value is -1.88. The summed E-state index contributed by atoms with van der Waals surface area (Å²) < 4.78 is 0. The van der Waals surface area contributed by atoms with Crippen molar-refractivity contribution in [2.75, 3.05) is 33.7 Å². The SMILES string of the molecule is CNCCN(C)C(=O)CC1c2ccccc2CCN1C(C)=O. The first-order valence-corrected chi connectivity index (χ1v) is 7.78. The van der Waals surface area contributed by atoms with E-state index in [1.165, 1.54) is 5.56 Å². The molecule has 1 atom stereocenters. The van der Waals surface area contributed by atoms with Gasteiger partial charge < -0.3 is 15.1 Å². The highest BCUT2D eigenvalue weighted by molar-refractivity contribution is 5.79. The Morgan fingerprint density at radius 3 is 2.77 bits per heavy atom. The highest BCUT2D eigenvalue weighted by Gasteiger charge is 2.31. The maximum Gasteiger partial charge on any atom is 0.224 e. The van der Waals surface area contributed by atoms with Gasteiger partial charge in [0.2, 0.25) is 11.8 Å². The fourth-order valence-electron chi connectivity index (χ4n) is 2.97. The highest BCUT2D eigenvalue weighted by atomic mass is 16.2. The number of rotatable bonds is 5. The van der Waals surface area contributed by atoms with E-state index >= 15 is 0 Å². The van der Waals surface area contributed by atoms with Gasteiger partial charge in [0, 0.05) is 33.6 Å². The van der Waals surface area contributed by atoms with Crippen molar-refractivity contribution in [3.8, 4) is 0 Å². The van der Waals surface area contributed by atoms with Gasteiger partial charge in [0.25, 0.3) is 0 Å². The van der Waals surface area contributed by atoms with Gasteiger partial charge in [-0.2, -0.15) is 0 Å². The molecule has 0 aromatic heterocycles. The van der Waals surface area contributed by atoms with Crippen LogP contribution in [0.25, 0.3) is 0 Å². The largest absolute Gasteiger partial charge is 0.344 e. The second-order valence-corrected chi connectivity index (χ2v) is 5.80. The number of likely N-dealkylation sites (N-methyl/N-ethyl adjacent to an activating group) is 2. The van der Waals surface area contributed by atoms with Crippen LogP contribution in [0.2, 0.25) is 0 Å². The van der Waals surface area contributed by atoms with Crippen LogP contribution in [0.4, 0.5) is 0 Å². The molecule has 0 radical (unpaired) electrons. The molecular weight excluding hydrogens is 278 g/mol. The first-order chi connectivity index (χ1) is 10.5. The third-order valence-corrected chi connectivity index (χ3v) is 4.31. The number of amides is 2. The molecule has 1 aliphatic rings. The van der Waals surface area contributed by atoms with Crippen LogP contribution in [-0.4, -0.2) is 55.3 Å².